The van der Waals surface area contributed by atoms with Gasteiger partial charge in [0.05, 0.1) is 5.92 Å². The quantitative estimate of drug-likeness (QED) is 0.791. The van der Waals surface area contributed by atoms with E-state index in [-0.39, 0.29) is 17.7 Å². The van der Waals surface area contributed by atoms with Crippen molar-refractivity contribution in [3.63, 3.8) is 0 Å². The van der Waals surface area contributed by atoms with E-state index in [1.165, 1.54) is 6.42 Å². The minimum Gasteiger partial charge on any atom is -0.343 e. The summed E-state index contributed by atoms with van der Waals surface area (Å²) in [5.41, 5.74) is 0. The molecule has 1 atom stereocenters. The summed E-state index contributed by atoms with van der Waals surface area (Å²) in [5, 5.41) is 2.90. The Hall–Kier alpha value is -1.47. The maximum absolute atomic E-state index is 12.5. The fraction of sp³-hybridized carbons (Fsp3) is 0.632. The van der Waals surface area contributed by atoms with Gasteiger partial charge in [-0.3, -0.25) is 9.59 Å². The second-order valence-corrected chi connectivity index (χ2v) is 8.10. The van der Waals surface area contributed by atoms with Gasteiger partial charge >= 0.3 is 0 Å². The Kier molecular flexibility index (Phi) is 7.02. The number of nitrogens with one attached hydrogen (secondary N) is 1. The summed E-state index contributed by atoms with van der Waals surface area (Å²) in [6.45, 7) is 4.24. The zero-order chi connectivity index (χ0) is 18.4. The van der Waals surface area contributed by atoms with Gasteiger partial charge in [-0.25, -0.2) is 4.98 Å². The molecule has 2 amide bonds. The van der Waals surface area contributed by atoms with Crippen LogP contribution in [0.15, 0.2) is 22.8 Å². The van der Waals surface area contributed by atoms with Crippen LogP contribution < -0.4 is 5.32 Å². The molecule has 2 fully saturated rings. The topological polar surface area (TPSA) is 65.5 Å². The number of hydrogen-bond donors (Lipinski definition) is 1. The predicted molar refractivity (Wildman–Crippen MR) is 105 cm³/mol. The van der Waals surface area contributed by atoms with Gasteiger partial charge in [0.1, 0.15) is 5.82 Å². The molecule has 1 aromatic heterocycles. The summed E-state index contributed by atoms with van der Waals surface area (Å²) in [4.78, 5) is 33.3. The van der Waals surface area contributed by atoms with E-state index in [4.69, 9.17) is 0 Å². The molecule has 0 spiro atoms. The Morgan fingerprint density at radius 2 is 1.96 bits per heavy atom. The molecule has 2 saturated heterocycles. The van der Waals surface area contributed by atoms with Crippen molar-refractivity contribution in [2.75, 3.05) is 38.0 Å². The van der Waals surface area contributed by atoms with Crippen LogP contribution >= 0.6 is 15.9 Å². The lowest BCUT2D eigenvalue weighted by Crippen LogP contribution is -2.43. The van der Waals surface area contributed by atoms with Gasteiger partial charge in [0.15, 0.2) is 0 Å². The maximum Gasteiger partial charge on any atom is 0.229 e. The van der Waals surface area contributed by atoms with Crippen molar-refractivity contribution < 1.29 is 9.59 Å². The third-order valence-corrected chi connectivity index (χ3v) is 5.67. The van der Waals surface area contributed by atoms with Crippen LogP contribution in [0.25, 0.3) is 0 Å². The molecule has 3 rings (SSSR count). The molecule has 142 valence electrons. The number of anilines is 1. The number of pyridine rings is 1. The highest BCUT2D eigenvalue weighted by Crippen LogP contribution is 2.19. The molecule has 26 heavy (non-hydrogen) atoms. The fourth-order valence-corrected chi connectivity index (χ4v) is 3.94. The smallest absolute Gasteiger partial charge is 0.229 e. The summed E-state index contributed by atoms with van der Waals surface area (Å²) >= 11 is 3.34. The molecule has 6 nitrogen and oxygen atoms in total. The van der Waals surface area contributed by atoms with Gasteiger partial charge in [0.2, 0.25) is 11.8 Å². The van der Waals surface area contributed by atoms with Crippen LogP contribution in [-0.4, -0.2) is 59.3 Å². The number of rotatable bonds is 5. The predicted octanol–water partition coefficient (Wildman–Crippen LogP) is 2.90. The van der Waals surface area contributed by atoms with E-state index in [0.717, 1.165) is 62.9 Å². The van der Waals surface area contributed by atoms with Gasteiger partial charge < -0.3 is 15.1 Å². The van der Waals surface area contributed by atoms with Gasteiger partial charge in [-0.05, 0) is 66.7 Å². The normalized spacial score (nSPS) is 21.4. The molecule has 0 aromatic carbocycles. The third kappa shape index (κ3) is 5.51. The van der Waals surface area contributed by atoms with Gasteiger partial charge in [0, 0.05) is 43.3 Å². The highest BCUT2D eigenvalue weighted by molar-refractivity contribution is 9.10. The van der Waals surface area contributed by atoms with E-state index in [0.29, 0.717) is 12.2 Å². The molecule has 3 heterocycles. The number of carbonyl (C=O) groups is 2. The first-order chi connectivity index (χ1) is 12.6. The van der Waals surface area contributed by atoms with E-state index in [9.17, 15) is 9.59 Å². The Labute approximate surface area is 163 Å². The number of aromatic nitrogens is 1. The molecular formula is C19H27BrN4O2. The highest BCUT2D eigenvalue weighted by atomic mass is 79.9. The monoisotopic (exact) mass is 422 g/mol. The zero-order valence-electron chi connectivity index (χ0n) is 15.1. The lowest BCUT2D eigenvalue weighted by molar-refractivity contribution is -0.132. The summed E-state index contributed by atoms with van der Waals surface area (Å²) in [6, 6.07) is 3.65. The van der Waals surface area contributed by atoms with Crippen LogP contribution in [0.4, 0.5) is 5.82 Å². The van der Waals surface area contributed by atoms with E-state index >= 15 is 0 Å². The zero-order valence-corrected chi connectivity index (χ0v) is 16.7. The largest absolute Gasteiger partial charge is 0.343 e. The number of amides is 2. The van der Waals surface area contributed by atoms with Gasteiger partial charge in [-0.2, -0.15) is 0 Å². The number of nitrogens with zero attached hydrogens (tertiary/aromatic N) is 3. The van der Waals surface area contributed by atoms with Crippen molar-refractivity contribution in [1.29, 1.82) is 0 Å². The molecule has 0 saturated carbocycles. The van der Waals surface area contributed by atoms with Crippen molar-refractivity contribution in [2.45, 2.75) is 38.5 Å². The molecule has 0 aliphatic carbocycles. The minimum atomic E-state index is -0.0423. The molecule has 1 aromatic rings. The lowest BCUT2D eigenvalue weighted by atomic mass is 9.97. The first-order valence-corrected chi connectivity index (χ1v) is 10.3. The summed E-state index contributed by atoms with van der Waals surface area (Å²) < 4.78 is 0.887. The Bertz CT molecular complexity index is 616. The Morgan fingerprint density at radius 1 is 1.15 bits per heavy atom. The first kappa shape index (κ1) is 19.3. The molecular weight excluding hydrogens is 396 g/mol. The van der Waals surface area contributed by atoms with Crippen LogP contribution in [0.5, 0.6) is 0 Å². The molecule has 0 radical (unpaired) electrons. The van der Waals surface area contributed by atoms with E-state index in [1.807, 2.05) is 11.0 Å². The maximum atomic E-state index is 12.5. The van der Waals surface area contributed by atoms with Crippen LogP contribution in [-0.2, 0) is 9.59 Å². The Balaban J connectivity index is 1.45. The molecule has 7 heteroatoms. The molecule has 2 aliphatic heterocycles. The van der Waals surface area contributed by atoms with Crippen molar-refractivity contribution >= 4 is 33.6 Å². The lowest BCUT2D eigenvalue weighted by Gasteiger charge is -2.33. The van der Waals surface area contributed by atoms with Crippen LogP contribution in [0, 0.1) is 5.92 Å². The SMILES string of the molecule is O=C(Nc1ccc(Br)cn1)C1CCCN(CCC(=O)N2CCCCC2)C1. The number of hydrogen-bond acceptors (Lipinski definition) is 4. The van der Waals surface area contributed by atoms with E-state index < -0.39 is 0 Å². The van der Waals surface area contributed by atoms with Crippen LogP contribution in [0.2, 0.25) is 0 Å². The van der Waals surface area contributed by atoms with Crippen molar-refractivity contribution in [1.82, 2.24) is 14.8 Å². The molecule has 1 unspecified atom stereocenters. The molecule has 1 N–H and O–H groups in total. The van der Waals surface area contributed by atoms with Crippen molar-refractivity contribution in [3.05, 3.63) is 22.8 Å². The van der Waals surface area contributed by atoms with Crippen molar-refractivity contribution in [2.24, 2.45) is 5.92 Å². The Morgan fingerprint density at radius 3 is 2.69 bits per heavy atom. The number of piperidine rings is 2. The summed E-state index contributed by atoms with van der Waals surface area (Å²) in [5.74, 6) is 0.817. The second kappa shape index (κ2) is 9.46. The van der Waals surface area contributed by atoms with Gasteiger partial charge in [0.25, 0.3) is 0 Å². The molecule has 0 bridgehead atoms. The van der Waals surface area contributed by atoms with Crippen molar-refractivity contribution in [3.8, 4) is 0 Å². The third-order valence-electron chi connectivity index (χ3n) is 5.21. The second-order valence-electron chi connectivity index (χ2n) is 7.18. The highest BCUT2D eigenvalue weighted by Gasteiger charge is 2.27. The van der Waals surface area contributed by atoms with Crippen LogP contribution in [0.3, 0.4) is 0 Å². The first-order valence-electron chi connectivity index (χ1n) is 9.54. The van der Waals surface area contributed by atoms with Gasteiger partial charge in [-0.15, -0.1) is 0 Å². The summed E-state index contributed by atoms with van der Waals surface area (Å²) in [7, 11) is 0. The van der Waals surface area contributed by atoms with Gasteiger partial charge in [-0.1, -0.05) is 0 Å². The number of likely N-dealkylation sites (tertiary alicyclic amines) is 2. The fourth-order valence-electron chi connectivity index (χ4n) is 3.71. The standard InChI is InChI=1S/C19H27BrN4O2/c20-16-6-7-17(21-13-16)22-19(26)15-5-4-9-23(14-15)12-8-18(25)24-10-2-1-3-11-24/h6-7,13,15H,1-5,8-12,14H2,(H,21,22,26). The average Bonchev–Trinajstić information content (AvgIpc) is 2.69. The molecule has 2 aliphatic rings. The van der Waals surface area contributed by atoms with E-state index in [1.54, 1.807) is 12.3 Å². The summed E-state index contributed by atoms with van der Waals surface area (Å²) in [6.07, 6.45) is 7.60. The number of halogens is 1. The minimum absolute atomic E-state index is 0.0203. The van der Waals surface area contributed by atoms with Crippen LogP contribution in [0.1, 0.15) is 38.5 Å². The number of carbonyl (C=O) groups excluding carboxylic acids is 2. The average molecular weight is 423 g/mol. The van der Waals surface area contributed by atoms with E-state index in [2.05, 4.69) is 31.1 Å².